The first-order valence-corrected chi connectivity index (χ1v) is 6.94. The molecule has 0 heterocycles. The molecule has 0 nitrogen and oxygen atoms in total. The molecular formula is C16H16F4. The van der Waals surface area contributed by atoms with Crippen LogP contribution in [0, 0.1) is 47.9 Å². The maximum Gasteiger partial charge on any atom is 0.166 e. The molecule has 1 saturated carbocycles. The summed E-state index contributed by atoms with van der Waals surface area (Å²) in [4.78, 5) is 0. The largest absolute Gasteiger partial charge is 0.203 e. The number of benzene rings is 1. The quantitative estimate of drug-likeness (QED) is 0.392. The molecule has 4 unspecified atom stereocenters. The number of allylic oxidation sites excluding steroid dienone is 2. The van der Waals surface area contributed by atoms with Crippen LogP contribution < -0.4 is 0 Å². The minimum Gasteiger partial charge on any atom is -0.203 e. The van der Waals surface area contributed by atoms with Crippen LogP contribution in [0.2, 0.25) is 0 Å². The number of rotatable bonds is 1. The van der Waals surface area contributed by atoms with Gasteiger partial charge in [-0.1, -0.05) is 19.1 Å². The molecular weight excluding hydrogens is 268 g/mol. The molecule has 108 valence electrons. The van der Waals surface area contributed by atoms with Crippen molar-refractivity contribution in [2.45, 2.75) is 32.6 Å². The van der Waals surface area contributed by atoms with Gasteiger partial charge < -0.3 is 0 Å². The van der Waals surface area contributed by atoms with E-state index in [1.807, 2.05) is 13.0 Å². The van der Waals surface area contributed by atoms with Crippen molar-refractivity contribution < 1.29 is 17.6 Å². The normalized spacial score (nSPS) is 31.9. The highest BCUT2D eigenvalue weighted by molar-refractivity contribution is 5.35. The molecule has 0 bridgehead atoms. The topological polar surface area (TPSA) is 0 Å². The van der Waals surface area contributed by atoms with Crippen molar-refractivity contribution in [3.8, 4) is 0 Å². The standard InChI is InChI=1S/C16H16F4/c1-7-10-5-3-9(10)4-6-11(7)12-15(19)13(17)8(2)14(18)16(12)20/h4,6-7,9-11H,3,5H2,1-2H3. The van der Waals surface area contributed by atoms with E-state index in [0.717, 1.165) is 19.8 Å². The van der Waals surface area contributed by atoms with Crippen molar-refractivity contribution in [1.29, 1.82) is 0 Å². The Kier molecular flexibility index (Phi) is 3.14. The van der Waals surface area contributed by atoms with Gasteiger partial charge in [0.25, 0.3) is 0 Å². The summed E-state index contributed by atoms with van der Waals surface area (Å²) >= 11 is 0. The van der Waals surface area contributed by atoms with Gasteiger partial charge in [-0.25, -0.2) is 17.6 Å². The molecule has 1 fully saturated rings. The second-order valence-corrected chi connectivity index (χ2v) is 5.97. The van der Waals surface area contributed by atoms with Crippen molar-refractivity contribution in [2.75, 3.05) is 0 Å². The van der Waals surface area contributed by atoms with Gasteiger partial charge in [0.05, 0.1) is 0 Å². The molecule has 0 spiro atoms. The molecule has 20 heavy (non-hydrogen) atoms. The van der Waals surface area contributed by atoms with Gasteiger partial charge in [0, 0.05) is 17.0 Å². The van der Waals surface area contributed by atoms with Crippen LogP contribution in [0.1, 0.15) is 36.8 Å². The Morgan fingerprint density at radius 3 is 2.00 bits per heavy atom. The zero-order chi connectivity index (χ0) is 14.6. The number of halogens is 4. The Labute approximate surface area is 115 Å². The molecule has 0 saturated heterocycles. The second kappa shape index (κ2) is 4.61. The fourth-order valence-electron chi connectivity index (χ4n) is 3.56. The molecule has 4 atom stereocenters. The predicted molar refractivity (Wildman–Crippen MR) is 68.3 cm³/mol. The van der Waals surface area contributed by atoms with E-state index in [-0.39, 0.29) is 5.92 Å². The van der Waals surface area contributed by atoms with E-state index in [4.69, 9.17) is 0 Å². The van der Waals surface area contributed by atoms with Gasteiger partial charge in [-0.3, -0.25) is 0 Å². The van der Waals surface area contributed by atoms with Crippen LogP contribution >= 0.6 is 0 Å². The molecule has 0 amide bonds. The first-order chi connectivity index (χ1) is 9.43. The Hall–Kier alpha value is -1.32. The summed E-state index contributed by atoms with van der Waals surface area (Å²) in [5.74, 6) is -4.86. The molecule has 0 radical (unpaired) electrons. The summed E-state index contributed by atoms with van der Waals surface area (Å²) in [6, 6.07) is 0. The minimum absolute atomic E-state index is 0.00995. The highest BCUT2D eigenvalue weighted by Gasteiger charge is 2.42. The Morgan fingerprint density at radius 2 is 1.50 bits per heavy atom. The average molecular weight is 284 g/mol. The summed E-state index contributed by atoms with van der Waals surface area (Å²) in [7, 11) is 0. The Bertz CT molecular complexity index is 562. The lowest BCUT2D eigenvalue weighted by molar-refractivity contribution is 0.127. The first kappa shape index (κ1) is 13.7. The van der Waals surface area contributed by atoms with Crippen LogP contribution in [0.25, 0.3) is 0 Å². The van der Waals surface area contributed by atoms with Crippen molar-refractivity contribution >= 4 is 0 Å². The van der Waals surface area contributed by atoms with Gasteiger partial charge in [0.15, 0.2) is 23.3 Å². The van der Waals surface area contributed by atoms with Gasteiger partial charge in [-0.05, 0) is 37.5 Å². The Balaban J connectivity index is 2.13. The van der Waals surface area contributed by atoms with Crippen molar-refractivity contribution in [3.63, 3.8) is 0 Å². The van der Waals surface area contributed by atoms with E-state index >= 15 is 0 Å². The third-order valence-corrected chi connectivity index (χ3v) is 5.04. The van der Waals surface area contributed by atoms with E-state index < -0.39 is 40.3 Å². The maximum absolute atomic E-state index is 14.1. The van der Waals surface area contributed by atoms with Crippen LogP contribution in [0.3, 0.4) is 0 Å². The third kappa shape index (κ3) is 1.73. The Morgan fingerprint density at radius 1 is 0.900 bits per heavy atom. The van der Waals surface area contributed by atoms with Gasteiger partial charge >= 0.3 is 0 Å². The molecule has 0 N–H and O–H groups in total. The SMILES string of the molecule is Cc1c(F)c(F)c(C2C=CC3CCC3C2C)c(F)c1F. The lowest BCUT2D eigenvalue weighted by Gasteiger charge is -2.45. The van der Waals surface area contributed by atoms with Gasteiger partial charge in [-0.2, -0.15) is 0 Å². The summed E-state index contributed by atoms with van der Waals surface area (Å²) < 4.78 is 55.6. The van der Waals surface area contributed by atoms with E-state index in [1.54, 1.807) is 6.08 Å². The number of hydrogen-bond donors (Lipinski definition) is 0. The molecule has 1 aromatic rings. The van der Waals surface area contributed by atoms with Gasteiger partial charge in [0.1, 0.15) is 0 Å². The van der Waals surface area contributed by atoms with Crippen LogP contribution in [0.4, 0.5) is 17.6 Å². The fourth-order valence-corrected chi connectivity index (χ4v) is 3.56. The van der Waals surface area contributed by atoms with E-state index in [0.29, 0.717) is 11.8 Å². The van der Waals surface area contributed by atoms with Crippen molar-refractivity contribution in [2.24, 2.45) is 17.8 Å². The smallest absolute Gasteiger partial charge is 0.166 e. The van der Waals surface area contributed by atoms with E-state index in [2.05, 4.69) is 0 Å². The molecule has 2 aliphatic rings. The van der Waals surface area contributed by atoms with Gasteiger partial charge in [0.2, 0.25) is 0 Å². The van der Waals surface area contributed by atoms with E-state index in [1.165, 1.54) is 0 Å². The monoisotopic (exact) mass is 284 g/mol. The molecule has 0 aliphatic heterocycles. The van der Waals surface area contributed by atoms with Gasteiger partial charge in [-0.15, -0.1) is 0 Å². The summed E-state index contributed by atoms with van der Waals surface area (Å²) in [6.45, 7) is 2.95. The molecule has 0 aromatic heterocycles. The summed E-state index contributed by atoms with van der Waals surface area (Å²) in [5, 5.41) is 0. The van der Waals surface area contributed by atoms with Crippen LogP contribution in [-0.4, -0.2) is 0 Å². The zero-order valence-corrected chi connectivity index (χ0v) is 11.4. The van der Waals surface area contributed by atoms with Crippen molar-refractivity contribution in [1.82, 2.24) is 0 Å². The molecule has 3 rings (SSSR count). The number of fused-ring (bicyclic) bond motifs is 1. The summed E-state index contributed by atoms with van der Waals surface area (Å²) in [6.07, 6.45) is 5.74. The highest BCUT2D eigenvalue weighted by Crippen LogP contribution is 2.50. The van der Waals surface area contributed by atoms with Crippen molar-refractivity contribution in [3.05, 3.63) is 46.5 Å². The second-order valence-electron chi connectivity index (χ2n) is 5.97. The summed E-state index contributed by atoms with van der Waals surface area (Å²) in [5.41, 5.74) is -1.06. The fraction of sp³-hybridized carbons (Fsp3) is 0.500. The molecule has 2 aliphatic carbocycles. The molecule has 4 heteroatoms. The van der Waals surface area contributed by atoms with Crippen LogP contribution in [0.15, 0.2) is 12.2 Å². The highest BCUT2D eigenvalue weighted by atomic mass is 19.2. The minimum atomic E-state index is -1.28. The average Bonchev–Trinajstić information content (AvgIpc) is 2.38. The predicted octanol–water partition coefficient (Wildman–Crippen LogP) is 4.87. The first-order valence-electron chi connectivity index (χ1n) is 6.94. The van der Waals surface area contributed by atoms with Crippen LogP contribution in [0.5, 0.6) is 0 Å². The zero-order valence-electron chi connectivity index (χ0n) is 11.4. The molecule has 1 aromatic carbocycles. The lowest BCUT2D eigenvalue weighted by Crippen LogP contribution is -2.36. The van der Waals surface area contributed by atoms with E-state index in [9.17, 15) is 17.6 Å². The number of hydrogen-bond acceptors (Lipinski definition) is 0. The lowest BCUT2D eigenvalue weighted by atomic mass is 9.60. The third-order valence-electron chi connectivity index (χ3n) is 5.04. The van der Waals surface area contributed by atoms with Crippen LogP contribution in [-0.2, 0) is 0 Å². The maximum atomic E-state index is 14.1.